The molecule has 0 saturated carbocycles. The maximum Gasteiger partial charge on any atom is 0.284 e. The molecular formula is C8H7ClF2INO. The van der Waals surface area contributed by atoms with Crippen LogP contribution in [-0.4, -0.2) is 12.1 Å². The molecule has 0 bridgehead atoms. The van der Waals surface area contributed by atoms with Gasteiger partial charge >= 0.3 is 0 Å². The first-order chi connectivity index (χ1) is 6.60. The van der Waals surface area contributed by atoms with Gasteiger partial charge in [0, 0.05) is 0 Å². The van der Waals surface area contributed by atoms with E-state index in [1.807, 2.05) is 22.6 Å². The normalized spacial score (nSPS) is 10.7. The van der Waals surface area contributed by atoms with Gasteiger partial charge in [0.05, 0.1) is 22.3 Å². The number of alkyl halides is 3. The van der Waals surface area contributed by atoms with Crippen molar-refractivity contribution >= 4 is 34.2 Å². The summed E-state index contributed by atoms with van der Waals surface area (Å²) in [5.41, 5.74) is 0.0715. The van der Waals surface area contributed by atoms with E-state index in [0.29, 0.717) is 9.26 Å². The predicted octanol–water partition coefficient (Wildman–Crippen LogP) is 3.37. The van der Waals surface area contributed by atoms with Gasteiger partial charge in [-0.2, -0.15) is 0 Å². The second kappa shape index (κ2) is 5.06. The summed E-state index contributed by atoms with van der Waals surface area (Å²) in [6.07, 6.45) is -2.65. The quantitative estimate of drug-likeness (QED) is 0.625. The SMILES string of the molecule is COc1c(I)cc(CCl)nc1C(F)F. The average molecular weight is 334 g/mol. The third-order valence-corrected chi connectivity index (χ3v) is 2.63. The maximum atomic E-state index is 12.5. The van der Waals surface area contributed by atoms with E-state index in [-0.39, 0.29) is 17.3 Å². The Kier molecular flexibility index (Phi) is 4.31. The molecule has 0 aliphatic carbocycles. The van der Waals surface area contributed by atoms with E-state index >= 15 is 0 Å². The van der Waals surface area contributed by atoms with Crippen LogP contribution in [0.25, 0.3) is 0 Å². The lowest BCUT2D eigenvalue weighted by molar-refractivity contribution is 0.141. The zero-order chi connectivity index (χ0) is 10.7. The van der Waals surface area contributed by atoms with Crippen LogP contribution in [0.3, 0.4) is 0 Å². The molecule has 6 heteroatoms. The van der Waals surface area contributed by atoms with Crippen molar-refractivity contribution < 1.29 is 13.5 Å². The molecule has 1 heterocycles. The summed E-state index contributed by atoms with van der Waals surface area (Å²) in [6, 6.07) is 1.62. The fraction of sp³-hybridized carbons (Fsp3) is 0.375. The van der Waals surface area contributed by atoms with Crippen LogP contribution < -0.4 is 4.74 Å². The highest BCUT2D eigenvalue weighted by Crippen LogP contribution is 2.32. The number of ether oxygens (including phenoxy) is 1. The largest absolute Gasteiger partial charge is 0.493 e. The molecule has 14 heavy (non-hydrogen) atoms. The van der Waals surface area contributed by atoms with Gasteiger partial charge in [-0.1, -0.05) is 0 Å². The average Bonchev–Trinajstić information content (AvgIpc) is 2.16. The third kappa shape index (κ3) is 2.44. The van der Waals surface area contributed by atoms with Gasteiger partial charge in [0.25, 0.3) is 6.43 Å². The highest BCUT2D eigenvalue weighted by atomic mass is 127. The Bertz CT molecular complexity index is 335. The highest BCUT2D eigenvalue weighted by molar-refractivity contribution is 14.1. The molecule has 0 saturated heterocycles. The summed E-state index contributed by atoms with van der Waals surface area (Å²) in [7, 11) is 1.34. The fourth-order valence-electron chi connectivity index (χ4n) is 0.990. The summed E-state index contributed by atoms with van der Waals surface area (Å²) in [4.78, 5) is 3.71. The van der Waals surface area contributed by atoms with Crippen molar-refractivity contribution in [2.75, 3.05) is 7.11 Å². The Morgan fingerprint density at radius 3 is 2.71 bits per heavy atom. The molecule has 1 rings (SSSR count). The van der Waals surface area contributed by atoms with Crippen LogP contribution in [0.15, 0.2) is 6.07 Å². The predicted molar refractivity (Wildman–Crippen MR) is 58.0 cm³/mol. The fourth-order valence-corrected chi connectivity index (χ4v) is 1.98. The number of halogens is 4. The van der Waals surface area contributed by atoms with E-state index in [2.05, 4.69) is 4.98 Å². The molecule has 0 aliphatic heterocycles. The first-order valence-corrected chi connectivity index (χ1v) is 5.29. The number of pyridine rings is 1. The van der Waals surface area contributed by atoms with Crippen LogP contribution in [0.1, 0.15) is 17.8 Å². The molecule has 0 amide bonds. The van der Waals surface area contributed by atoms with E-state index in [1.165, 1.54) is 7.11 Å². The molecule has 0 fully saturated rings. The lowest BCUT2D eigenvalue weighted by Crippen LogP contribution is -2.01. The van der Waals surface area contributed by atoms with Gasteiger partial charge < -0.3 is 4.74 Å². The second-order valence-corrected chi connectivity index (χ2v) is 3.88. The molecule has 0 atom stereocenters. The minimum absolute atomic E-state index is 0.111. The molecule has 0 spiro atoms. The standard InChI is InChI=1S/C8H7ClF2INO/c1-14-7-5(12)2-4(3-9)13-6(7)8(10)11/h2,8H,3H2,1H3. The van der Waals surface area contributed by atoms with Crippen LogP contribution in [0.4, 0.5) is 8.78 Å². The lowest BCUT2D eigenvalue weighted by atomic mass is 10.3. The van der Waals surface area contributed by atoms with Crippen LogP contribution >= 0.6 is 34.2 Å². The summed E-state index contributed by atoms with van der Waals surface area (Å²) < 4.78 is 30.5. The second-order valence-electron chi connectivity index (χ2n) is 2.45. The zero-order valence-corrected chi connectivity index (χ0v) is 10.1. The van der Waals surface area contributed by atoms with Gasteiger partial charge in [-0.05, 0) is 28.7 Å². The van der Waals surface area contributed by atoms with Gasteiger partial charge in [-0.3, -0.25) is 0 Å². The van der Waals surface area contributed by atoms with Gasteiger partial charge in [-0.15, -0.1) is 11.6 Å². The van der Waals surface area contributed by atoms with Gasteiger partial charge in [-0.25, -0.2) is 13.8 Å². The van der Waals surface area contributed by atoms with Crippen molar-refractivity contribution in [3.8, 4) is 5.75 Å². The molecule has 0 unspecified atom stereocenters. The Balaban J connectivity index is 3.28. The Labute approximate surface area is 98.8 Å². The molecule has 1 aromatic heterocycles. The smallest absolute Gasteiger partial charge is 0.284 e. The molecule has 2 nitrogen and oxygen atoms in total. The monoisotopic (exact) mass is 333 g/mol. The molecular weight excluding hydrogens is 326 g/mol. The van der Waals surface area contributed by atoms with Crippen molar-refractivity contribution in [3.63, 3.8) is 0 Å². The minimum atomic E-state index is -2.65. The molecule has 0 N–H and O–H groups in total. The number of nitrogens with zero attached hydrogens (tertiary/aromatic N) is 1. The number of hydrogen-bond acceptors (Lipinski definition) is 2. The van der Waals surface area contributed by atoms with E-state index in [9.17, 15) is 8.78 Å². The van der Waals surface area contributed by atoms with Crippen molar-refractivity contribution in [1.82, 2.24) is 4.98 Å². The van der Waals surface area contributed by atoms with E-state index < -0.39 is 6.43 Å². The molecule has 1 aromatic rings. The number of aromatic nitrogens is 1. The first kappa shape index (κ1) is 11.9. The topological polar surface area (TPSA) is 22.1 Å². The zero-order valence-electron chi connectivity index (χ0n) is 7.23. The number of hydrogen-bond donors (Lipinski definition) is 0. The summed E-state index contributed by atoms with van der Waals surface area (Å²) in [6.45, 7) is 0. The summed E-state index contributed by atoms with van der Waals surface area (Å²) in [5, 5.41) is 0. The summed E-state index contributed by atoms with van der Waals surface area (Å²) in [5.74, 6) is 0.231. The van der Waals surface area contributed by atoms with Crippen LogP contribution in [0, 0.1) is 3.57 Å². The third-order valence-electron chi connectivity index (χ3n) is 1.55. The van der Waals surface area contributed by atoms with Crippen LogP contribution in [0.5, 0.6) is 5.75 Å². The molecule has 0 aromatic carbocycles. The number of rotatable bonds is 3. The Morgan fingerprint density at radius 2 is 2.29 bits per heavy atom. The van der Waals surface area contributed by atoms with Crippen LogP contribution in [0.2, 0.25) is 0 Å². The maximum absolute atomic E-state index is 12.5. The minimum Gasteiger partial charge on any atom is -0.493 e. The van der Waals surface area contributed by atoms with Gasteiger partial charge in [0.15, 0.2) is 5.75 Å². The van der Waals surface area contributed by atoms with Crippen molar-refractivity contribution in [3.05, 3.63) is 21.0 Å². The number of methoxy groups -OCH3 is 1. The van der Waals surface area contributed by atoms with Crippen molar-refractivity contribution in [2.24, 2.45) is 0 Å². The van der Waals surface area contributed by atoms with Crippen LogP contribution in [-0.2, 0) is 5.88 Å². The summed E-state index contributed by atoms with van der Waals surface area (Å²) >= 11 is 7.43. The lowest BCUT2D eigenvalue weighted by Gasteiger charge is -2.10. The van der Waals surface area contributed by atoms with E-state index in [0.717, 1.165) is 0 Å². The van der Waals surface area contributed by atoms with Gasteiger partial charge in [0.1, 0.15) is 5.69 Å². The molecule has 0 aliphatic rings. The molecule has 0 radical (unpaired) electrons. The van der Waals surface area contributed by atoms with Crippen molar-refractivity contribution in [2.45, 2.75) is 12.3 Å². The van der Waals surface area contributed by atoms with E-state index in [4.69, 9.17) is 16.3 Å². The Morgan fingerprint density at radius 1 is 1.64 bits per heavy atom. The highest BCUT2D eigenvalue weighted by Gasteiger charge is 2.19. The van der Waals surface area contributed by atoms with Crippen molar-refractivity contribution in [1.29, 1.82) is 0 Å². The Hall–Kier alpha value is -0.170. The first-order valence-electron chi connectivity index (χ1n) is 3.67. The van der Waals surface area contributed by atoms with E-state index in [1.54, 1.807) is 6.07 Å². The van der Waals surface area contributed by atoms with Gasteiger partial charge in [0.2, 0.25) is 0 Å². The molecule has 78 valence electrons.